The molecule has 19 heavy (non-hydrogen) atoms. The number of halogens is 1. The first-order valence-corrected chi connectivity index (χ1v) is 6.18. The fraction of sp³-hybridized carbons (Fsp3) is 0.357. The van der Waals surface area contributed by atoms with Gasteiger partial charge in [-0.1, -0.05) is 6.07 Å². The lowest BCUT2D eigenvalue weighted by Crippen LogP contribution is -2.20. The van der Waals surface area contributed by atoms with E-state index in [0.717, 1.165) is 11.4 Å². The molecule has 0 fully saturated rings. The Labute approximate surface area is 112 Å². The molecule has 102 valence electrons. The quantitative estimate of drug-likeness (QED) is 0.897. The third kappa shape index (κ3) is 3.32. The predicted molar refractivity (Wildman–Crippen MR) is 71.6 cm³/mol. The Balaban J connectivity index is 2.17. The molecule has 0 radical (unpaired) electrons. The number of imidazole rings is 1. The van der Waals surface area contributed by atoms with E-state index in [1.807, 2.05) is 23.8 Å². The minimum atomic E-state index is -0.353. The van der Waals surface area contributed by atoms with Crippen molar-refractivity contribution < 1.29 is 9.13 Å². The fourth-order valence-electron chi connectivity index (χ4n) is 1.97. The molecule has 5 heteroatoms. The average molecular weight is 263 g/mol. The van der Waals surface area contributed by atoms with Gasteiger partial charge >= 0.3 is 0 Å². The minimum absolute atomic E-state index is 0.0498. The van der Waals surface area contributed by atoms with E-state index < -0.39 is 0 Å². The molecule has 4 nitrogen and oxygen atoms in total. The summed E-state index contributed by atoms with van der Waals surface area (Å²) in [5.74, 6) is 0.810. The van der Waals surface area contributed by atoms with Gasteiger partial charge < -0.3 is 15.0 Å². The van der Waals surface area contributed by atoms with Gasteiger partial charge in [0.2, 0.25) is 0 Å². The topological polar surface area (TPSA) is 53.1 Å². The molecule has 0 saturated carbocycles. The average Bonchev–Trinajstić information content (AvgIpc) is 2.76. The smallest absolute Gasteiger partial charge is 0.165 e. The highest BCUT2D eigenvalue weighted by atomic mass is 19.1. The summed E-state index contributed by atoms with van der Waals surface area (Å²) in [5.41, 5.74) is 6.64. The van der Waals surface area contributed by atoms with Crippen molar-refractivity contribution in [1.29, 1.82) is 0 Å². The van der Waals surface area contributed by atoms with Crippen LogP contribution in [0.5, 0.6) is 5.75 Å². The van der Waals surface area contributed by atoms with Gasteiger partial charge in [0, 0.05) is 31.4 Å². The van der Waals surface area contributed by atoms with E-state index in [-0.39, 0.29) is 17.6 Å². The maximum absolute atomic E-state index is 13.6. The first-order valence-electron chi connectivity index (χ1n) is 6.18. The molecule has 1 unspecified atom stereocenters. The predicted octanol–water partition coefficient (Wildman–Crippen LogP) is 1.97. The molecule has 1 aromatic heterocycles. The van der Waals surface area contributed by atoms with E-state index in [2.05, 4.69) is 4.98 Å². The van der Waals surface area contributed by atoms with Gasteiger partial charge in [-0.15, -0.1) is 0 Å². The van der Waals surface area contributed by atoms with Crippen molar-refractivity contribution in [3.8, 4) is 5.75 Å². The van der Waals surface area contributed by atoms with Gasteiger partial charge in [0.25, 0.3) is 0 Å². The number of hydrogen-bond donors (Lipinski definition) is 1. The van der Waals surface area contributed by atoms with Crippen LogP contribution in [0.4, 0.5) is 4.39 Å². The van der Waals surface area contributed by atoms with Crippen LogP contribution in [0, 0.1) is 5.82 Å². The van der Waals surface area contributed by atoms with Crippen LogP contribution >= 0.6 is 0 Å². The number of hydrogen-bond acceptors (Lipinski definition) is 3. The fourth-order valence-corrected chi connectivity index (χ4v) is 1.97. The molecular formula is C14H18FN3O. The van der Waals surface area contributed by atoms with Crippen LogP contribution in [0.15, 0.2) is 30.6 Å². The summed E-state index contributed by atoms with van der Waals surface area (Å²) in [7, 11) is 1.45. The number of rotatable bonds is 5. The molecule has 2 N–H and O–H groups in total. The summed E-state index contributed by atoms with van der Waals surface area (Å²) in [6.45, 7) is 2.51. The number of aromatic nitrogens is 2. The van der Waals surface area contributed by atoms with Crippen molar-refractivity contribution in [3.63, 3.8) is 0 Å². The standard InChI is InChI=1S/C14H18FN3O/c1-10(16)7-14-17-5-6-18(14)9-11-3-4-13(19-2)12(15)8-11/h3-6,8,10H,7,9,16H2,1-2H3. The van der Waals surface area contributed by atoms with E-state index in [1.54, 1.807) is 12.3 Å². The van der Waals surface area contributed by atoms with Crippen molar-refractivity contribution in [2.75, 3.05) is 7.11 Å². The molecule has 0 spiro atoms. The Morgan fingerprint density at radius 1 is 1.47 bits per heavy atom. The van der Waals surface area contributed by atoms with Crippen molar-refractivity contribution in [1.82, 2.24) is 9.55 Å². The molecule has 0 aliphatic rings. The molecule has 0 bridgehead atoms. The number of nitrogens with zero attached hydrogens (tertiary/aromatic N) is 2. The second kappa shape index (κ2) is 5.84. The van der Waals surface area contributed by atoms with E-state index in [4.69, 9.17) is 10.5 Å². The largest absolute Gasteiger partial charge is 0.494 e. The van der Waals surface area contributed by atoms with E-state index in [0.29, 0.717) is 13.0 Å². The summed E-state index contributed by atoms with van der Waals surface area (Å²) in [6, 6.07) is 5.01. The summed E-state index contributed by atoms with van der Waals surface area (Å²) >= 11 is 0. The Hall–Kier alpha value is -1.88. The second-order valence-corrected chi connectivity index (χ2v) is 4.62. The maximum Gasteiger partial charge on any atom is 0.165 e. The molecule has 1 atom stereocenters. The zero-order chi connectivity index (χ0) is 13.8. The number of methoxy groups -OCH3 is 1. The van der Waals surface area contributed by atoms with E-state index in [9.17, 15) is 4.39 Å². The van der Waals surface area contributed by atoms with Crippen LogP contribution in [-0.2, 0) is 13.0 Å². The lowest BCUT2D eigenvalue weighted by molar-refractivity contribution is 0.386. The minimum Gasteiger partial charge on any atom is -0.494 e. The van der Waals surface area contributed by atoms with Crippen molar-refractivity contribution in [2.24, 2.45) is 5.73 Å². The summed E-state index contributed by atoms with van der Waals surface area (Å²) < 4.78 is 20.5. The Morgan fingerprint density at radius 2 is 2.26 bits per heavy atom. The van der Waals surface area contributed by atoms with E-state index >= 15 is 0 Å². The van der Waals surface area contributed by atoms with Gasteiger partial charge in [0.1, 0.15) is 5.82 Å². The highest BCUT2D eigenvalue weighted by Gasteiger charge is 2.08. The van der Waals surface area contributed by atoms with Gasteiger partial charge in [0.15, 0.2) is 11.6 Å². The van der Waals surface area contributed by atoms with Crippen molar-refractivity contribution >= 4 is 0 Å². The Morgan fingerprint density at radius 3 is 2.89 bits per heavy atom. The van der Waals surface area contributed by atoms with E-state index in [1.165, 1.54) is 13.2 Å². The Kier molecular flexibility index (Phi) is 4.16. The molecule has 0 aliphatic heterocycles. The van der Waals surface area contributed by atoms with Gasteiger partial charge in [-0.05, 0) is 24.6 Å². The first kappa shape index (κ1) is 13.5. The summed E-state index contributed by atoms with van der Waals surface area (Å²) in [4.78, 5) is 4.27. The normalized spacial score (nSPS) is 12.4. The highest BCUT2D eigenvalue weighted by molar-refractivity contribution is 5.29. The maximum atomic E-state index is 13.6. The molecule has 0 aliphatic carbocycles. The van der Waals surface area contributed by atoms with Crippen LogP contribution in [0.3, 0.4) is 0 Å². The zero-order valence-electron chi connectivity index (χ0n) is 11.1. The second-order valence-electron chi connectivity index (χ2n) is 4.62. The van der Waals surface area contributed by atoms with Gasteiger partial charge in [-0.25, -0.2) is 9.37 Å². The van der Waals surface area contributed by atoms with Gasteiger partial charge in [0.05, 0.1) is 7.11 Å². The summed E-state index contributed by atoms with van der Waals surface area (Å²) in [5, 5.41) is 0. The highest BCUT2D eigenvalue weighted by Crippen LogP contribution is 2.18. The molecule has 2 aromatic rings. The molecule has 0 saturated heterocycles. The molecule has 0 amide bonds. The van der Waals surface area contributed by atoms with Crippen molar-refractivity contribution in [2.45, 2.75) is 25.9 Å². The molecule has 1 aromatic carbocycles. The number of ether oxygens (including phenoxy) is 1. The first-order chi connectivity index (χ1) is 9.10. The lowest BCUT2D eigenvalue weighted by atomic mass is 10.2. The van der Waals surface area contributed by atoms with Gasteiger partial charge in [-0.2, -0.15) is 0 Å². The molecule has 1 heterocycles. The van der Waals surface area contributed by atoms with Crippen LogP contribution in [0.25, 0.3) is 0 Å². The monoisotopic (exact) mass is 263 g/mol. The lowest BCUT2D eigenvalue weighted by Gasteiger charge is -2.10. The van der Waals surface area contributed by atoms with Crippen LogP contribution < -0.4 is 10.5 Å². The summed E-state index contributed by atoms with van der Waals surface area (Å²) in [6.07, 6.45) is 4.31. The van der Waals surface area contributed by atoms with Crippen molar-refractivity contribution in [3.05, 3.63) is 47.8 Å². The molecular weight excluding hydrogens is 245 g/mol. The molecule has 2 rings (SSSR count). The number of benzene rings is 1. The van der Waals surface area contributed by atoms with Gasteiger partial charge in [-0.3, -0.25) is 0 Å². The third-order valence-electron chi connectivity index (χ3n) is 2.88. The zero-order valence-corrected chi connectivity index (χ0v) is 11.1. The van der Waals surface area contributed by atoms with Crippen LogP contribution in [-0.4, -0.2) is 22.7 Å². The van der Waals surface area contributed by atoms with Crippen LogP contribution in [0.1, 0.15) is 18.3 Å². The Bertz CT molecular complexity index is 551. The third-order valence-corrected chi connectivity index (χ3v) is 2.88. The van der Waals surface area contributed by atoms with Crippen LogP contribution in [0.2, 0.25) is 0 Å². The SMILES string of the molecule is COc1ccc(Cn2ccnc2CC(C)N)cc1F. The number of nitrogens with two attached hydrogens (primary N) is 1.